The largest absolute Gasteiger partial charge is 0.465 e. The maximum atomic E-state index is 13.5. The number of ether oxygens (including phenoxy) is 3. The molecule has 1 aliphatic heterocycles. The molecule has 1 saturated heterocycles. The summed E-state index contributed by atoms with van der Waals surface area (Å²) in [4.78, 5) is 53.9. The first-order chi connectivity index (χ1) is 24.4. The number of carbonyl (C=O) groups is 4. The van der Waals surface area contributed by atoms with Crippen molar-refractivity contribution >= 4 is 23.9 Å². The third kappa shape index (κ3) is 9.33. The van der Waals surface area contributed by atoms with Gasteiger partial charge in [0.25, 0.3) is 0 Å². The van der Waals surface area contributed by atoms with E-state index in [1.807, 2.05) is 0 Å². The van der Waals surface area contributed by atoms with Crippen molar-refractivity contribution in [1.82, 2.24) is 9.80 Å². The SMILES string of the molecule is CCOC(=O)CN1CCC(=O)OCN(C(=O)O[C@H]2CC[C@@]3(C)C(=CCC4C3CC[C@]3(C)[C@@H](C(C)CCCC(C)C)CC[C@@H]43)C2)CCCCCC1=O. The smallest absolute Gasteiger partial charge is 0.412 e. The number of fused-ring (bicyclic) bond motifs is 5. The Labute approximate surface area is 307 Å². The molecule has 0 aromatic carbocycles. The number of allylic oxidation sites excluding steroid dienone is 1. The third-order valence-electron chi connectivity index (χ3n) is 14.0. The highest BCUT2D eigenvalue weighted by atomic mass is 16.6. The van der Waals surface area contributed by atoms with Crippen molar-refractivity contribution in [2.45, 2.75) is 150 Å². The summed E-state index contributed by atoms with van der Waals surface area (Å²) in [5.41, 5.74) is 2.13. The van der Waals surface area contributed by atoms with E-state index in [1.165, 1.54) is 60.3 Å². The lowest BCUT2D eigenvalue weighted by Gasteiger charge is -2.58. The molecule has 5 rings (SSSR count). The Morgan fingerprint density at radius 1 is 0.961 bits per heavy atom. The fraction of sp³-hybridized carbons (Fsp3) is 0.857. The van der Waals surface area contributed by atoms with Crippen molar-refractivity contribution < 1.29 is 33.4 Å². The molecule has 1 heterocycles. The normalized spacial score (nSPS) is 34.1. The number of carbonyl (C=O) groups excluding carboxylic acids is 4. The van der Waals surface area contributed by atoms with Crippen molar-refractivity contribution in [2.75, 3.05) is 33.0 Å². The second kappa shape index (κ2) is 17.5. The Hall–Kier alpha value is -2.58. The standard InChI is InChI=1S/C42H68N2O7/c1-7-49-39(47)27-43-25-21-38(46)50-28-44(24-10-8-9-14-37(43)45)40(48)51-32-19-22-41(5)31(26-32)15-16-33-35-18-17-34(30(4)13-11-12-29(2)3)42(35,6)23-20-36(33)41/h15,29-30,32-36H,7-14,16-28H2,1-6H3/t30?,32-,33?,34+,35-,36?,41-,42+/m0/s1. The molecule has 0 spiro atoms. The van der Waals surface area contributed by atoms with Crippen molar-refractivity contribution in [3.05, 3.63) is 11.6 Å². The Bertz CT molecular complexity index is 1270. The minimum atomic E-state index is -0.526. The van der Waals surface area contributed by atoms with Crippen LogP contribution in [0.15, 0.2) is 11.6 Å². The zero-order valence-corrected chi connectivity index (χ0v) is 32.7. The van der Waals surface area contributed by atoms with Crippen LogP contribution in [-0.2, 0) is 28.6 Å². The van der Waals surface area contributed by atoms with Gasteiger partial charge in [-0.05, 0) is 111 Å². The van der Waals surface area contributed by atoms with Gasteiger partial charge in [0, 0.05) is 25.9 Å². The minimum Gasteiger partial charge on any atom is -0.465 e. The summed E-state index contributed by atoms with van der Waals surface area (Å²) in [5, 5.41) is 0. The van der Waals surface area contributed by atoms with E-state index in [4.69, 9.17) is 14.2 Å². The fourth-order valence-electron chi connectivity index (χ4n) is 11.2. The van der Waals surface area contributed by atoms with Crippen molar-refractivity contribution in [3.63, 3.8) is 0 Å². The van der Waals surface area contributed by atoms with Gasteiger partial charge in [-0.1, -0.05) is 72.0 Å². The van der Waals surface area contributed by atoms with Gasteiger partial charge >= 0.3 is 18.0 Å². The average molecular weight is 713 g/mol. The molecule has 0 aromatic rings. The summed E-state index contributed by atoms with van der Waals surface area (Å²) in [7, 11) is 0. The van der Waals surface area contributed by atoms with Gasteiger partial charge in [0.1, 0.15) is 12.6 Å². The van der Waals surface area contributed by atoms with Gasteiger partial charge in [-0.15, -0.1) is 0 Å². The van der Waals surface area contributed by atoms with Gasteiger partial charge in [-0.25, -0.2) is 4.79 Å². The van der Waals surface area contributed by atoms with Crippen LogP contribution in [0.5, 0.6) is 0 Å². The van der Waals surface area contributed by atoms with Gasteiger partial charge in [-0.2, -0.15) is 0 Å². The molecule has 3 unspecified atom stereocenters. The summed E-state index contributed by atoms with van der Waals surface area (Å²) in [5.74, 6) is 3.54. The monoisotopic (exact) mass is 713 g/mol. The first kappa shape index (κ1) is 39.6. The van der Waals surface area contributed by atoms with Crippen molar-refractivity contribution in [1.29, 1.82) is 0 Å². The van der Waals surface area contributed by atoms with Crippen LogP contribution in [0.4, 0.5) is 4.79 Å². The van der Waals surface area contributed by atoms with Gasteiger partial charge < -0.3 is 19.1 Å². The van der Waals surface area contributed by atoms with Crippen LogP contribution in [0, 0.1) is 46.3 Å². The van der Waals surface area contributed by atoms with Crippen molar-refractivity contribution in [2.24, 2.45) is 46.3 Å². The van der Waals surface area contributed by atoms with Crippen molar-refractivity contribution in [3.8, 4) is 0 Å². The van der Waals surface area contributed by atoms with Gasteiger partial charge in [0.05, 0.1) is 13.0 Å². The topological polar surface area (TPSA) is 102 Å². The number of hydrogen-bond acceptors (Lipinski definition) is 7. The highest BCUT2D eigenvalue weighted by Crippen LogP contribution is 2.67. The molecule has 9 heteroatoms. The highest BCUT2D eigenvalue weighted by Gasteiger charge is 2.59. The summed E-state index contributed by atoms with van der Waals surface area (Å²) in [6.45, 7) is 14.4. The number of esters is 2. The van der Waals surface area contributed by atoms with E-state index in [2.05, 4.69) is 40.7 Å². The highest BCUT2D eigenvalue weighted by molar-refractivity contribution is 5.82. The summed E-state index contributed by atoms with van der Waals surface area (Å²) < 4.78 is 16.7. The first-order valence-electron chi connectivity index (χ1n) is 20.6. The van der Waals surface area contributed by atoms with Crippen LogP contribution in [0.3, 0.4) is 0 Å². The molecule has 0 N–H and O–H groups in total. The lowest BCUT2D eigenvalue weighted by atomic mass is 9.47. The molecule has 3 saturated carbocycles. The maximum absolute atomic E-state index is 13.5. The van der Waals surface area contributed by atoms with Crippen LogP contribution in [0.2, 0.25) is 0 Å². The second-order valence-electron chi connectivity index (χ2n) is 17.6. The molecule has 4 fully saturated rings. The molecule has 2 amide bonds. The first-order valence-corrected chi connectivity index (χ1v) is 20.6. The van der Waals surface area contributed by atoms with Crippen LogP contribution in [0.25, 0.3) is 0 Å². The van der Waals surface area contributed by atoms with Gasteiger partial charge in [0.2, 0.25) is 5.91 Å². The van der Waals surface area contributed by atoms with Crippen LogP contribution in [0.1, 0.15) is 144 Å². The Morgan fingerprint density at radius 2 is 1.76 bits per heavy atom. The van der Waals surface area contributed by atoms with E-state index < -0.39 is 18.0 Å². The lowest BCUT2D eigenvalue weighted by molar-refractivity contribution is -0.152. The van der Waals surface area contributed by atoms with E-state index in [-0.39, 0.29) is 56.7 Å². The molecule has 5 aliphatic rings. The molecular formula is C42H68N2O7. The van der Waals surface area contributed by atoms with Crippen LogP contribution in [-0.4, -0.2) is 72.8 Å². The zero-order valence-electron chi connectivity index (χ0n) is 32.7. The number of hydrogen-bond donors (Lipinski definition) is 0. The van der Waals surface area contributed by atoms with Gasteiger partial charge in [0.15, 0.2) is 6.73 Å². The zero-order chi connectivity index (χ0) is 36.8. The predicted octanol–water partition coefficient (Wildman–Crippen LogP) is 8.69. The van der Waals surface area contributed by atoms with E-state index in [9.17, 15) is 19.2 Å². The molecule has 4 aliphatic carbocycles. The number of amides is 2. The van der Waals surface area contributed by atoms with E-state index >= 15 is 0 Å². The number of cyclic esters (lactones) is 1. The van der Waals surface area contributed by atoms with Crippen LogP contribution < -0.4 is 0 Å². The quantitative estimate of drug-likeness (QED) is 0.134. The second-order valence-corrected chi connectivity index (χ2v) is 17.6. The van der Waals surface area contributed by atoms with Crippen LogP contribution >= 0.6 is 0 Å². The fourth-order valence-corrected chi connectivity index (χ4v) is 11.2. The Morgan fingerprint density at radius 3 is 2.53 bits per heavy atom. The molecule has 0 aromatic heterocycles. The molecule has 9 nitrogen and oxygen atoms in total. The number of nitrogens with zero attached hydrogens (tertiary/aromatic N) is 2. The lowest BCUT2D eigenvalue weighted by Crippen LogP contribution is -2.51. The molecule has 8 atom stereocenters. The summed E-state index contributed by atoms with van der Waals surface area (Å²) >= 11 is 0. The molecule has 51 heavy (non-hydrogen) atoms. The molecular weight excluding hydrogens is 644 g/mol. The molecule has 0 bridgehead atoms. The van der Waals surface area contributed by atoms with E-state index in [0.717, 1.165) is 61.7 Å². The Balaban J connectivity index is 1.16. The molecule has 288 valence electrons. The van der Waals surface area contributed by atoms with E-state index in [1.54, 1.807) is 6.92 Å². The summed E-state index contributed by atoms with van der Waals surface area (Å²) in [6.07, 6.45) is 17.5. The third-order valence-corrected chi connectivity index (χ3v) is 14.0. The maximum Gasteiger partial charge on any atom is 0.412 e. The summed E-state index contributed by atoms with van der Waals surface area (Å²) in [6, 6.07) is 0. The van der Waals surface area contributed by atoms with Gasteiger partial charge in [-0.3, -0.25) is 19.3 Å². The average Bonchev–Trinajstić information content (AvgIpc) is 3.45. The van der Waals surface area contributed by atoms with E-state index in [0.29, 0.717) is 30.7 Å². The molecule has 0 radical (unpaired) electrons. The number of rotatable bonds is 9. The minimum absolute atomic E-state index is 0.0659. The predicted molar refractivity (Wildman–Crippen MR) is 197 cm³/mol. The Kier molecular flexibility index (Phi) is 13.6.